The van der Waals surface area contributed by atoms with Crippen LogP contribution in [0.2, 0.25) is 0 Å². The number of ether oxygens (including phenoxy) is 1. The molecule has 1 atom stereocenters. The normalized spacial score (nSPS) is 29.8. The van der Waals surface area contributed by atoms with Crippen molar-refractivity contribution in [3.8, 4) is 0 Å². The zero-order valence-corrected chi connectivity index (χ0v) is 12.0. The molecule has 0 spiro atoms. The van der Waals surface area contributed by atoms with Crippen LogP contribution in [0.3, 0.4) is 0 Å². The van der Waals surface area contributed by atoms with Crippen LogP contribution in [0.1, 0.15) is 26.2 Å². The average Bonchev–Trinajstić information content (AvgIpc) is 3.13. The molecule has 1 N–H and O–H groups in total. The Hall–Kier alpha value is -0.810. The van der Waals surface area contributed by atoms with E-state index in [-0.39, 0.29) is 0 Å². The first-order valence-electron chi connectivity index (χ1n) is 7.74. The van der Waals surface area contributed by atoms with Gasteiger partial charge in [0.2, 0.25) is 0 Å². The largest absolute Gasteiger partial charge is 0.379 e. The summed E-state index contributed by atoms with van der Waals surface area (Å²) >= 11 is 0. The Labute approximate surface area is 116 Å². The van der Waals surface area contributed by atoms with Crippen molar-refractivity contribution < 1.29 is 4.74 Å². The highest BCUT2D eigenvalue weighted by Crippen LogP contribution is 2.21. The molecular weight excluding hydrogens is 240 g/mol. The molecule has 1 unspecified atom stereocenters. The molecule has 3 aliphatic rings. The lowest BCUT2D eigenvalue weighted by molar-refractivity contribution is 0.0195. The summed E-state index contributed by atoms with van der Waals surface area (Å²) in [5.74, 6) is 1.14. The average molecular weight is 266 g/mol. The lowest BCUT2D eigenvalue weighted by Gasteiger charge is -2.32. The van der Waals surface area contributed by atoms with Crippen LogP contribution < -0.4 is 5.32 Å². The molecule has 0 amide bonds. The SMILES string of the molecule is CCN=C(NC1CC1)N1CCC(N2CCOCC2)C1. The van der Waals surface area contributed by atoms with E-state index >= 15 is 0 Å². The number of nitrogens with zero attached hydrogens (tertiary/aromatic N) is 3. The van der Waals surface area contributed by atoms with Crippen molar-refractivity contribution in [2.24, 2.45) is 4.99 Å². The lowest BCUT2D eigenvalue weighted by Crippen LogP contribution is -2.47. The lowest BCUT2D eigenvalue weighted by atomic mass is 10.2. The molecule has 0 aromatic heterocycles. The van der Waals surface area contributed by atoms with Crippen molar-refractivity contribution >= 4 is 5.96 Å². The summed E-state index contributed by atoms with van der Waals surface area (Å²) in [7, 11) is 0. The van der Waals surface area contributed by atoms with E-state index in [4.69, 9.17) is 4.74 Å². The first kappa shape index (κ1) is 13.2. The van der Waals surface area contributed by atoms with Crippen LogP contribution >= 0.6 is 0 Å². The zero-order valence-electron chi connectivity index (χ0n) is 12.0. The van der Waals surface area contributed by atoms with Crippen molar-refractivity contribution in [2.75, 3.05) is 45.9 Å². The summed E-state index contributed by atoms with van der Waals surface area (Å²) < 4.78 is 5.44. The Morgan fingerprint density at radius 1 is 1.21 bits per heavy atom. The molecular formula is C14H26N4O. The Morgan fingerprint density at radius 2 is 2.00 bits per heavy atom. The summed E-state index contributed by atoms with van der Waals surface area (Å²) in [6, 6.07) is 1.37. The topological polar surface area (TPSA) is 40.1 Å². The Balaban J connectivity index is 1.55. The molecule has 2 aliphatic heterocycles. The predicted molar refractivity (Wildman–Crippen MR) is 76.5 cm³/mol. The maximum atomic E-state index is 5.44. The highest BCUT2D eigenvalue weighted by atomic mass is 16.5. The number of nitrogens with one attached hydrogen (secondary N) is 1. The monoisotopic (exact) mass is 266 g/mol. The Morgan fingerprint density at radius 3 is 2.68 bits per heavy atom. The van der Waals surface area contributed by atoms with E-state index in [0.717, 1.165) is 51.9 Å². The zero-order chi connectivity index (χ0) is 13.1. The van der Waals surface area contributed by atoms with Gasteiger partial charge in [0, 0.05) is 44.8 Å². The highest BCUT2D eigenvalue weighted by molar-refractivity contribution is 5.81. The second kappa shape index (κ2) is 6.09. The van der Waals surface area contributed by atoms with Crippen LogP contribution in [0.15, 0.2) is 4.99 Å². The molecule has 5 nitrogen and oxygen atoms in total. The van der Waals surface area contributed by atoms with Crippen molar-refractivity contribution in [2.45, 2.75) is 38.3 Å². The van der Waals surface area contributed by atoms with Gasteiger partial charge in [-0.2, -0.15) is 0 Å². The predicted octanol–water partition coefficient (Wildman–Crippen LogP) is 0.521. The molecule has 0 aromatic carbocycles. The van der Waals surface area contributed by atoms with Crippen LogP contribution in [0.25, 0.3) is 0 Å². The van der Waals surface area contributed by atoms with E-state index in [9.17, 15) is 0 Å². The smallest absolute Gasteiger partial charge is 0.194 e. The fraction of sp³-hybridized carbons (Fsp3) is 0.929. The van der Waals surface area contributed by atoms with E-state index < -0.39 is 0 Å². The molecule has 3 fully saturated rings. The molecule has 0 aromatic rings. The maximum absolute atomic E-state index is 5.44. The van der Waals surface area contributed by atoms with E-state index in [2.05, 4.69) is 27.0 Å². The van der Waals surface area contributed by atoms with Crippen LogP contribution in [0, 0.1) is 0 Å². The third-order valence-corrected chi connectivity index (χ3v) is 4.24. The molecule has 5 heteroatoms. The van der Waals surface area contributed by atoms with Gasteiger partial charge in [-0.05, 0) is 26.2 Å². The van der Waals surface area contributed by atoms with Crippen LogP contribution in [0.4, 0.5) is 0 Å². The second-order valence-corrected chi connectivity index (χ2v) is 5.75. The molecule has 1 aliphatic carbocycles. The van der Waals surface area contributed by atoms with E-state index in [0.29, 0.717) is 12.1 Å². The molecule has 2 heterocycles. The van der Waals surface area contributed by atoms with Gasteiger partial charge in [0.15, 0.2) is 5.96 Å². The van der Waals surface area contributed by atoms with Crippen molar-refractivity contribution in [1.29, 1.82) is 0 Å². The number of aliphatic imine (C=N–C) groups is 1. The molecule has 108 valence electrons. The number of likely N-dealkylation sites (tertiary alicyclic amines) is 1. The van der Waals surface area contributed by atoms with Gasteiger partial charge in [0.1, 0.15) is 0 Å². The molecule has 0 bridgehead atoms. The minimum atomic E-state index is 0.687. The third kappa shape index (κ3) is 3.39. The minimum Gasteiger partial charge on any atom is -0.379 e. The quantitative estimate of drug-likeness (QED) is 0.597. The van der Waals surface area contributed by atoms with Crippen molar-refractivity contribution in [3.63, 3.8) is 0 Å². The fourth-order valence-corrected chi connectivity index (χ4v) is 2.97. The number of guanidine groups is 1. The van der Waals surface area contributed by atoms with Gasteiger partial charge < -0.3 is 15.0 Å². The standard InChI is InChI=1S/C14H26N4O/c1-2-15-14(16-12-3-4-12)18-6-5-13(11-18)17-7-9-19-10-8-17/h12-13H,2-11H2,1H3,(H,15,16). The van der Waals surface area contributed by atoms with Gasteiger partial charge in [-0.3, -0.25) is 9.89 Å². The van der Waals surface area contributed by atoms with Gasteiger partial charge in [-0.25, -0.2) is 0 Å². The molecule has 1 saturated carbocycles. The summed E-state index contributed by atoms with van der Waals surface area (Å²) in [6.45, 7) is 9.22. The molecule has 3 rings (SSSR count). The number of morpholine rings is 1. The van der Waals surface area contributed by atoms with Gasteiger partial charge >= 0.3 is 0 Å². The second-order valence-electron chi connectivity index (χ2n) is 5.75. The minimum absolute atomic E-state index is 0.687. The number of rotatable bonds is 3. The number of hydrogen-bond donors (Lipinski definition) is 1. The van der Waals surface area contributed by atoms with E-state index in [1.807, 2.05) is 0 Å². The van der Waals surface area contributed by atoms with Crippen LogP contribution in [-0.4, -0.2) is 73.8 Å². The third-order valence-electron chi connectivity index (χ3n) is 4.24. The van der Waals surface area contributed by atoms with E-state index in [1.54, 1.807) is 0 Å². The highest BCUT2D eigenvalue weighted by Gasteiger charge is 2.32. The molecule has 19 heavy (non-hydrogen) atoms. The van der Waals surface area contributed by atoms with E-state index in [1.165, 1.54) is 19.3 Å². The van der Waals surface area contributed by atoms with Gasteiger partial charge in [0.25, 0.3) is 0 Å². The summed E-state index contributed by atoms with van der Waals surface area (Å²) in [4.78, 5) is 9.69. The van der Waals surface area contributed by atoms with Crippen LogP contribution in [0.5, 0.6) is 0 Å². The maximum Gasteiger partial charge on any atom is 0.194 e. The Bertz CT molecular complexity index is 323. The fourth-order valence-electron chi connectivity index (χ4n) is 2.97. The molecule has 0 radical (unpaired) electrons. The first-order chi connectivity index (χ1) is 9.36. The van der Waals surface area contributed by atoms with Gasteiger partial charge in [0.05, 0.1) is 13.2 Å². The number of hydrogen-bond acceptors (Lipinski definition) is 3. The van der Waals surface area contributed by atoms with Gasteiger partial charge in [-0.15, -0.1) is 0 Å². The summed E-state index contributed by atoms with van der Waals surface area (Å²) in [5, 5.41) is 3.59. The van der Waals surface area contributed by atoms with Crippen molar-refractivity contribution in [3.05, 3.63) is 0 Å². The van der Waals surface area contributed by atoms with Crippen molar-refractivity contribution in [1.82, 2.24) is 15.1 Å². The summed E-state index contributed by atoms with van der Waals surface area (Å²) in [5.41, 5.74) is 0. The first-order valence-corrected chi connectivity index (χ1v) is 7.74. The van der Waals surface area contributed by atoms with Crippen LogP contribution in [-0.2, 0) is 4.74 Å². The summed E-state index contributed by atoms with van der Waals surface area (Å²) in [6.07, 6.45) is 3.88. The van der Waals surface area contributed by atoms with Gasteiger partial charge in [-0.1, -0.05) is 0 Å². The molecule has 2 saturated heterocycles. The Kier molecular flexibility index (Phi) is 4.23.